The summed E-state index contributed by atoms with van der Waals surface area (Å²) in [5.74, 6) is 0.140. The minimum atomic E-state index is -1.70. The van der Waals surface area contributed by atoms with Crippen LogP contribution < -0.4 is 5.32 Å². The number of nitrogens with zero attached hydrogens (tertiary/aromatic N) is 7. The van der Waals surface area contributed by atoms with Crippen LogP contribution in [0.5, 0.6) is 0 Å². The quantitative estimate of drug-likeness (QED) is 0.444. The Labute approximate surface area is 195 Å². The molecule has 1 aliphatic rings. The highest BCUT2D eigenvalue weighted by Crippen LogP contribution is 2.34. The van der Waals surface area contributed by atoms with Gasteiger partial charge < -0.3 is 19.8 Å². The molecule has 0 spiro atoms. The van der Waals surface area contributed by atoms with Crippen molar-refractivity contribution in [1.29, 1.82) is 0 Å². The summed E-state index contributed by atoms with van der Waals surface area (Å²) in [5, 5.41) is 22.4. The molecule has 4 aromatic heterocycles. The predicted molar refractivity (Wildman–Crippen MR) is 123 cm³/mol. The lowest BCUT2D eigenvalue weighted by molar-refractivity contribution is -0.144. The Morgan fingerprint density at radius 3 is 2.65 bits per heavy atom. The second kappa shape index (κ2) is 8.34. The summed E-state index contributed by atoms with van der Waals surface area (Å²) in [7, 11) is 3.54. The highest BCUT2D eigenvalue weighted by atomic mass is 16.5. The third-order valence-corrected chi connectivity index (χ3v) is 6.00. The number of nitrogens with one attached hydrogen (secondary N) is 1. The number of amides is 1. The molecule has 1 atom stereocenters. The molecule has 1 aliphatic heterocycles. The first-order chi connectivity index (χ1) is 16.4. The molecular weight excluding hydrogens is 436 g/mol. The van der Waals surface area contributed by atoms with Crippen molar-refractivity contribution in [2.75, 3.05) is 18.9 Å². The summed E-state index contributed by atoms with van der Waals surface area (Å²) in [4.78, 5) is 27.4. The first-order valence-corrected chi connectivity index (χ1v) is 10.9. The van der Waals surface area contributed by atoms with E-state index in [2.05, 4.69) is 37.4 Å². The van der Waals surface area contributed by atoms with Gasteiger partial charge in [0.25, 0.3) is 5.91 Å². The van der Waals surface area contributed by atoms with Crippen molar-refractivity contribution < 1.29 is 14.4 Å². The summed E-state index contributed by atoms with van der Waals surface area (Å²) in [6.45, 7) is 2.51. The molecule has 2 N–H and O–H groups in total. The van der Waals surface area contributed by atoms with Crippen molar-refractivity contribution in [3.63, 3.8) is 0 Å². The van der Waals surface area contributed by atoms with Crippen LogP contribution in [0, 0.1) is 0 Å². The minimum absolute atomic E-state index is 0.112. The van der Waals surface area contributed by atoms with Gasteiger partial charge in [0, 0.05) is 39.3 Å². The molecule has 0 radical (unpaired) electrons. The van der Waals surface area contributed by atoms with Crippen LogP contribution in [0.3, 0.4) is 0 Å². The van der Waals surface area contributed by atoms with Gasteiger partial charge in [-0.1, -0.05) is 18.1 Å². The Kier molecular flexibility index (Phi) is 5.33. The van der Waals surface area contributed by atoms with Crippen molar-refractivity contribution >= 4 is 17.5 Å². The van der Waals surface area contributed by atoms with Crippen molar-refractivity contribution in [1.82, 2.24) is 34.8 Å². The maximum Gasteiger partial charge on any atom is 0.262 e. The van der Waals surface area contributed by atoms with Gasteiger partial charge in [-0.25, -0.2) is 15.0 Å². The Bertz CT molecular complexity index is 1360. The maximum atomic E-state index is 12.4. The summed E-state index contributed by atoms with van der Waals surface area (Å²) in [6, 6.07) is 8.78. The van der Waals surface area contributed by atoms with Gasteiger partial charge in [-0.2, -0.15) is 5.10 Å². The zero-order valence-corrected chi connectivity index (χ0v) is 19.1. The van der Waals surface area contributed by atoms with E-state index < -0.39 is 11.5 Å². The second-order valence-electron chi connectivity index (χ2n) is 8.19. The summed E-state index contributed by atoms with van der Waals surface area (Å²) in [6.07, 6.45) is 4.47. The van der Waals surface area contributed by atoms with Gasteiger partial charge in [0.05, 0.1) is 34.7 Å². The number of likely N-dealkylation sites (N-methyl/N-ethyl adjacent to an activating group) is 1. The van der Waals surface area contributed by atoms with E-state index in [0.29, 0.717) is 35.3 Å². The maximum absolute atomic E-state index is 12.4. The number of aliphatic hydroxyl groups is 1. The standard InChI is InChI=1S/C23H24N8O3/c1-4-19-18(13-25-31(19)3)28-22-24-10-8-16(27-22)14-6-5-7-15(26-14)17-12-20(34-29-17)23(33)9-11-30(2)21(23)32/h5-8,10,12-13,33H,4,9,11H2,1-3H3,(H,24,27,28)/t23-/m1/s1. The normalized spacial score (nSPS) is 18.0. The summed E-state index contributed by atoms with van der Waals surface area (Å²) < 4.78 is 7.17. The lowest BCUT2D eigenvalue weighted by atomic mass is 9.98. The Morgan fingerprint density at radius 2 is 1.91 bits per heavy atom. The van der Waals surface area contributed by atoms with Crippen molar-refractivity contribution in [3.8, 4) is 22.8 Å². The number of rotatable bonds is 6. The molecule has 34 heavy (non-hydrogen) atoms. The zero-order valence-electron chi connectivity index (χ0n) is 19.1. The van der Waals surface area contributed by atoms with Crippen molar-refractivity contribution in [2.45, 2.75) is 25.4 Å². The molecule has 0 aromatic carbocycles. The van der Waals surface area contributed by atoms with Crippen molar-refractivity contribution in [3.05, 3.63) is 54.2 Å². The number of anilines is 2. The molecule has 1 saturated heterocycles. The second-order valence-corrected chi connectivity index (χ2v) is 8.19. The van der Waals surface area contributed by atoms with Gasteiger partial charge in [-0.15, -0.1) is 0 Å². The first kappa shape index (κ1) is 21.7. The van der Waals surface area contributed by atoms with E-state index in [9.17, 15) is 9.90 Å². The van der Waals surface area contributed by atoms with E-state index in [0.717, 1.165) is 17.8 Å². The van der Waals surface area contributed by atoms with E-state index in [1.807, 2.05) is 23.9 Å². The highest BCUT2D eigenvalue weighted by molar-refractivity contribution is 5.87. The van der Waals surface area contributed by atoms with Gasteiger partial charge in [0.15, 0.2) is 5.76 Å². The largest absolute Gasteiger partial charge is 0.373 e. The fourth-order valence-corrected chi connectivity index (χ4v) is 4.06. The highest BCUT2D eigenvalue weighted by Gasteiger charge is 2.48. The molecule has 1 fully saturated rings. The van der Waals surface area contributed by atoms with Gasteiger partial charge in [0.2, 0.25) is 11.5 Å². The topological polar surface area (TPSA) is 135 Å². The molecule has 5 rings (SSSR count). The molecule has 174 valence electrons. The molecular formula is C23H24N8O3. The predicted octanol–water partition coefficient (Wildman–Crippen LogP) is 2.28. The van der Waals surface area contributed by atoms with E-state index in [1.54, 1.807) is 37.6 Å². The van der Waals surface area contributed by atoms with Crippen LogP contribution >= 0.6 is 0 Å². The Hall–Kier alpha value is -4.12. The molecule has 0 unspecified atom stereocenters. The van der Waals surface area contributed by atoms with Crippen LogP contribution in [0.15, 0.2) is 47.2 Å². The van der Waals surface area contributed by atoms with E-state index in [4.69, 9.17) is 4.52 Å². The molecule has 0 aliphatic carbocycles. The van der Waals surface area contributed by atoms with Gasteiger partial charge in [0.1, 0.15) is 5.69 Å². The van der Waals surface area contributed by atoms with E-state index in [-0.39, 0.29) is 12.2 Å². The summed E-state index contributed by atoms with van der Waals surface area (Å²) >= 11 is 0. The Balaban J connectivity index is 1.42. The third kappa shape index (κ3) is 3.69. The smallest absolute Gasteiger partial charge is 0.262 e. The van der Waals surface area contributed by atoms with Gasteiger partial charge in [-0.05, 0) is 24.6 Å². The number of carbonyl (C=O) groups excluding carboxylic acids is 1. The number of pyridine rings is 1. The molecule has 0 bridgehead atoms. The molecule has 1 amide bonds. The fraction of sp³-hybridized carbons (Fsp3) is 0.304. The van der Waals surface area contributed by atoms with Crippen molar-refractivity contribution in [2.24, 2.45) is 7.05 Å². The molecule has 4 aromatic rings. The first-order valence-electron chi connectivity index (χ1n) is 10.9. The van der Waals surface area contributed by atoms with E-state index in [1.165, 1.54) is 4.90 Å². The molecule has 0 saturated carbocycles. The average Bonchev–Trinajstić information content (AvgIpc) is 3.55. The van der Waals surface area contributed by atoms with Crippen LogP contribution in [-0.4, -0.2) is 59.4 Å². The minimum Gasteiger partial charge on any atom is -0.373 e. The van der Waals surface area contributed by atoms with Crippen LogP contribution in [0.4, 0.5) is 11.6 Å². The average molecular weight is 460 g/mol. The lowest BCUT2D eigenvalue weighted by Gasteiger charge is -2.16. The Morgan fingerprint density at radius 1 is 1.15 bits per heavy atom. The number of aromatic nitrogens is 6. The third-order valence-electron chi connectivity index (χ3n) is 6.00. The van der Waals surface area contributed by atoms with Gasteiger partial charge in [-0.3, -0.25) is 9.48 Å². The number of aryl methyl sites for hydroxylation is 1. The number of hydrogen-bond donors (Lipinski definition) is 2. The fourth-order valence-electron chi connectivity index (χ4n) is 4.06. The van der Waals surface area contributed by atoms with E-state index >= 15 is 0 Å². The lowest BCUT2D eigenvalue weighted by Crippen LogP contribution is -2.35. The van der Waals surface area contributed by atoms with Crippen LogP contribution in [0.1, 0.15) is 24.8 Å². The molecule has 11 heteroatoms. The zero-order chi connectivity index (χ0) is 23.9. The SMILES string of the molecule is CCc1c(Nc2nccc(-c3cccc(-c4cc([C@]5(O)CCN(C)C5=O)on4)n3)n2)cnn1C. The van der Waals surface area contributed by atoms with Crippen LogP contribution in [0.25, 0.3) is 22.8 Å². The number of likely N-dealkylation sites (tertiary alicyclic amines) is 1. The molecule has 5 heterocycles. The van der Waals surface area contributed by atoms with Gasteiger partial charge >= 0.3 is 0 Å². The van der Waals surface area contributed by atoms with Crippen LogP contribution in [0.2, 0.25) is 0 Å². The number of hydrogen-bond acceptors (Lipinski definition) is 9. The molecule has 11 nitrogen and oxygen atoms in total. The summed E-state index contributed by atoms with van der Waals surface area (Å²) in [5.41, 5.74) is 2.38. The monoisotopic (exact) mass is 460 g/mol. The van der Waals surface area contributed by atoms with Crippen LogP contribution in [-0.2, 0) is 23.9 Å². The number of carbonyl (C=O) groups is 1.